The molecule has 1 fully saturated rings. The number of nitrogens with zero attached hydrogens (tertiary/aromatic N) is 2. The van der Waals surface area contributed by atoms with Gasteiger partial charge in [0, 0.05) is 36.2 Å². The predicted molar refractivity (Wildman–Crippen MR) is 122 cm³/mol. The van der Waals surface area contributed by atoms with Crippen LogP contribution in [-0.2, 0) is 9.53 Å². The molecular formula is C22H27Cl3N2O2. The number of anilines is 1. The summed E-state index contributed by atoms with van der Waals surface area (Å²) in [5.41, 5.74) is 0.665. The predicted octanol–water partition coefficient (Wildman–Crippen LogP) is 5.80. The largest absolute Gasteiger partial charge is 0.367 e. The molecule has 3 rings (SSSR count). The smallest absolute Gasteiger partial charge is 0.248 e. The van der Waals surface area contributed by atoms with E-state index in [2.05, 4.69) is 4.90 Å². The number of amides is 1. The lowest BCUT2D eigenvalue weighted by Crippen LogP contribution is -2.50. The van der Waals surface area contributed by atoms with Crippen LogP contribution >= 0.6 is 34.8 Å². The number of benzene rings is 2. The molecule has 1 heterocycles. The minimum atomic E-state index is -0.297. The van der Waals surface area contributed by atoms with Gasteiger partial charge in [-0.15, -0.1) is 0 Å². The van der Waals surface area contributed by atoms with Crippen molar-refractivity contribution >= 4 is 46.4 Å². The van der Waals surface area contributed by atoms with Crippen LogP contribution in [0.25, 0.3) is 0 Å². The Balaban J connectivity index is 0.000000360. The van der Waals surface area contributed by atoms with Gasteiger partial charge in [0.25, 0.3) is 0 Å². The third kappa shape index (κ3) is 8.43. The van der Waals surface area contributed by atoms with Crippen LogP contribution < -0.4 is 4.90 Å². The molecule has 0 aliphatic carbocycles. The van der Waals surface area contributed by atoms with Crippen molar-refractivity contribution in [1.82, 2.24) is 4.90 Å². The second-order valence-electron chi connectivity index (χ2n) is 7.66. The highest BCUT2D eigenvalue weighted by Crippen LogP contribution is 2.29. The molecule has 2 aromatic carbocycles. The van der Waals surface area contributed by atoms with Crippen LogP contribution in [0, 0.1) is 0 Å². The van der Waals surface area contributed by atoms with Gasteiger partial charge in [-0.1, -0.05) is 53.0 Å². The molecule has 7 heteroatoms. The zero-order valence-corrected chi connectivity index (χ0v) is 19.3. The molecule has 0 aromatic heterocycles. The Morgan fingerprint density at radius 2 is 1.55 bits per heavy atom. The van der Waals surface area contributed by atoms with Gasteiger partial charge < -0.3 is 14.5 Å². The molecule has 2 aromatic rings. The van der Waals surface area contributed by atoms with E-state index in [-0.39, 0.29) is 18.1 Å². The molecule has 1 amide bonds. The number of carbonyl (C=O) groups excluding carboxylic acids is 1. The minimum Gasteiger partial charge on any atom is -0.367 e. The van der Waals surface area contributed by atoms with Gasteiger partial charge in [0.2, 0.25) is 5.91 Å². The summed E-state index contributed by atoms with van der Waals surface area (Å²) < 4.78 is 5.55. The lowest BCUT2D eigenvalue weighted by molar-refractivity contribution is -0.141. The van der Waals surface area contributed by atoms with E-state index in [1.54, 1.807) is 6.07 Å². The fourth-order valence-corrected chi connectivity index (χ4v) is 3.39. The third-order valence-corrected chi connectivity index (χ3v) is 5.03. The molecule has 1 aliphatic heterocycles. The first-order chi connectivity index (χ1) is 13.7. The van der Waals surface area contributed by atoms with Crippen molar-refractivity contribution < 1.29 is 9.53 Å². The molecule has 0 saturated carbocycles. The highest BCUT2D eigenvalue weighted by molar-refractivity contribution is 6.36. The zero-order chi connectivity index (χ0) is 21.4. The van der Waals surface area contributed by atoms with Gasteiger partial charge in [-0.05, 0) is 51.1 Å². The first kappa shape index (κ1) is 23.8. The molecule has 0 bridgehead atoms. The van der Waals surface area contributed by atoms with Crippen LogP contribution in [0.15, 0.2) is 48.5 Å². The fraction of sp³-hybridized carbons (Fsp3) is 0.409. The molecule has 0 atom stereocenters. The Hall–Kier alpha value is -1.46. The summed E-state index contributed by atoms with van der Waals surface area (Å²) in [4.78, 5) is 16.2. The number of halogens is 3. The van der Waals surface area contributed by atoms with Gasteiger partial charge in [0.15, 0.2) is 0 Å². The van der Waals surface area contributed by atoms with Gasteiger partial charge in [0.1, 0.15) is 6.61 Å². The van der Waals surface area contributed by atoms with E-state index in [4.69, 9.17) is 39.5 Å². The lowest BCUT2D eigenvalue weighted by atomic mass is 10.2. The Labute approximate surface area is 188 Å². The quantitative estimate of drug-likeness (QED) is 0.584. The summed E-state index contributed by atoms with van der Waals surface area (Å²) in [7, 11) is 0. The maximum absolute atomic E-state index is 12.1. The topological polar surface area (TPSA) is 32.8 Å². The molecule has 0 N–H and O–H groups in total. The van der Waals surface area contributed by atoms with E-state index in [0.29, 0.717) is 23.1 Å². The second kappa shape index (κ2) is 11.1. The molecular weight excluding hydrogens is 431 g/mol. The van der Waals surface area contributed by atoms with Gasteiger partial charge in [0.05, 0.1) is 16.3 Å². The minimum absolute atomic E-state index is 0.0387. The van der Waals surface area contributed by atoms with Gasteiger partial charge in [-0.25, -0.2) is 0 Å². The SMILES string of the molecule is CC(C)(C)OCC(=O)N1CCN(c2ccc(Cl)cc2Cl)CC1.Clc1ccccc1. The van der Waals surface area contributed by atoms with Gasteiger partial charge in [-0.2, -0.15) is 0 Å². The van der Waals surface area contributed by atoms with Gasteiger partial charge in [-0.3, -0.25) is 4.79 Å². The van der Waals surface area contributed by atoms with Crippen molar-refractivity contribution in [3.63, 3.8) is 0 Å². The van der Waals surface area contributed by atoms with Crippen molar-refractivity contribution in [1.29, 1.82) is 0 Å². The first-order valence-electron chi connectivity index (χ1n) is 9.48. The normalized spacial score (nSPS) is 14.3. The van der Waals surface area contributed by atoms with Crippen LogP contribution in [0.5, 0.6) is 0 Å². The molecule has 0 unspecified atom stereocenters. The number of piperazine rings is 1. The van der Waals surface area contributed by atoms with E-state index < -0.39 is 0 Å². The van der Waals surface area contributed by atoms with Crippen molar-refractivity contribution in [3.05, 3.63) is 63.6 Å². The number of rotatable bonds is 3. The van der Waals surface area contributed by atoms with Crippen LogP contribution in [0.3, 0.4) is 0 Å². The van der Waals surface area contributed by atoms with E-state index in [1.165, 1.54) is 0 Å². The fourth-order valence-electron chi connectivity index (χ4n) is 2.72. The Bertz CT molecular complexity index is 786. The van der Waals surface area contributed by atoms with E-state index in [9.17, 15) is 4.79 Å². The number of hydrogen-bond donors (Lipinski definition) is 0. The maximum Gasteiger partial charge on any atom is 0.248 e. The highest BCUT2D eigenvalue weighted by Gasteiger charge is 2.23. The molecule has 4 nitrogen and oxygen atoms in total. The summed E-state index contributed by atoms with van der Waals surface area (Å²) in [6.07, 6.45) is 0. The van der Waals surface area contributed by atoms with Crippen molar-refractivity contribution in [2.75, 3.05) is 37.7 Å². The van der Waals surface area contributed by atoms with Crippen LogP contribution in [0.2, 0.25) is 15.1 Å². The summed E-state index contributed by atoms with van der Waals surface area (Å²) in [5, 5.41) is 2.06. The average molecular weight is 458 g/mol. The number of ether oxygens (including phenoxy) is 1. The van der Waals surface area contributed by atoms with Gasteiger partial charge >= 0.3 is 0 Å². The Morgan fingerprint density at radius 3 is 2.03 bits per heavy atom. The molecule has 1 saturated heterocycles. The molecule has 0 spiro atoms. The molecule has 0 radical (unpaired) electrons. The Morgan fingerprint density at radius 1 is 0.931 bits per heavy atom. The van der Waals surface area contributed by atoms with E-state index in [1.807, 2.05) is 68.1 Å². The zero-order valence-electron chi connectivity index (χ0n) is 17.0. The van der Waals surface area contributed by atoms with Crippen molar-refractivity contribution in [3.8, 4) is 0 Å². The third-order valence-electron chi connectivity index (χ3n) is 4.24. The molecule has 29 heavy (non-hydrogen) atoms. The van der Waals surface area contributed by atoms with Crippen LogP contribution in [0.1, 0.15) is 20.8 Å². The standard InChI is InChI=1S/C16H22Cl2N2O2.C6H5Cl/c1-16(2,3)22-11-15(21)20-8-6-19(7-9-20)14-5-4-12(17)10-13(14)18;7-6-4-2-1-3-5-6/h4-5,10H,6-9,11H2,1-3H3;1-5H. The lowest BCUT2D eigenvalue weighted by Gasteiger charge is -2.36. The molecule has 1 aliphatic rings. The van der Waals surface area contributed by atoms with Crippen molar-refractivity contribution in [2.45, 2.75) is 26.4 Å². The average Bonchev–Trinajstić information content (AvgIpc) is 2.67. The van der Waals surface area contributed by atoms with E-state index in [0.717, 1.165) is 23.8 Å². The first-order valence-corrected chi connectivity index (χ1v) is 10.6. The summed E-state index contributed by atoms with van der Waals surface area (Å²) >= 11 is 17.7. The number of hydrogen-bond acceptors (Lipinski definition) is 3. The van der Waals surface area contributed by atoms with Crippen LogP contribution in [-0.4, -0.2) is 49.2 Å². The van der Waals surface area contributed by atoms with Crippen molar-refractivity contribution in [2.24, 2.45) is 0 Å². The van der Waals surface area contributed by atoms with E-state index >= 15 is 0 Å². The monoisotopic (exact) mass is 456 g/mol. The summed E-state index contributed by atoms with van der Waals surface area (Å²) in [5.74, 6) is 0.0387. The summed E-state index contributed by atoms with van der Waals surface area (Å²) in [6.45, 7) is 8.81. The summed E-state index contributed by atoms with van der Waals surface area (Å²) in [6, 6.07) is 14.9. The van der Waals surface area contributed by atoms with Crippen LogP contribution in [0.4, 0.5) is 5.69 Å². The molecule has 158 valence electrons. The second-order valence-corrected chi connectivity index (χ2v) is 8.94. The highest BCUT2D eigenvalue weighted by atomic mass is 35.5. The number of carbonyl (C=O) groups is 1. The Kier molecular flexibility index (Phi) is 9.09. The maximum atomic E-state index is 12.1.